The minimum absolute atomic E-state index is 0.236. The van der Waals surface area contributed by atoms with Crippen molar-refractivity contribution in [2.45, 2.75) is 55.3 Å². The van der Waals surface area contributed by atoms with E-state index in [0.717, 1.165) is 25.7 Å². The molecule has 0 saturated heterocycles. The highest BCUT2D eigenvalue weighted by molar-refractivity contribution is 7.92. The van der Waals surface area contributed by atoms with Gasteiger partial charge in [-0.2, -0.15) is 0 Å². The Morgan fingerprint density at radius 2 is 1.95 bits per heavy atom. The molecular formula is C15H24N2O3S. The van der Waals surface area contributed by atoms with E-state index in [9.17, 15) is 13.5 Å². The van der Waals surface area contributed by atoms with Gasteiger partial charge in [-0.05, 0) is 44.9 Å². The van der Waals surface area contributed by atoms with E-state index in [4.69, 9.17) is 5.73 Å². The molecule has 118 valence electrons. The normalized spacial score (nSPS) is 18.1. The van der Waals surface area contributed by atoms with Gasteiger partial charge in [-0.3, -0.25) is 0 Å². The first-order valence-corrected chi connectivity index (χ1v) is 8.89. The summed E-state index contributed by atoms with van der Waals surface area (Å²) in [6, 6.07) is 4.71. The molecule has 0 heterocycles. The van der Waals surface area contributed by atoms with E-state index in [-0.39, 0.29) is 4.90 Å². The highest BCUT2D eigenvalue weighted by Gasteiger charge is 2.30. The van der Waals surface area contributed by atoms with Crippen LogP contribution in [0, 0.1) is 0 Å². The van der Waals surface area contributed by atoms with Gasteiger partial charge in [0.1, 0.15) is 0 Å². The SMILES string of the molecule is CC(C)S(=O)(=O)c1ccc(NCC2(O)CCCC2)c(N)c1. The summed E-state index contributed by atoms with van der Waals surface area (Å²) >= 11 is 0. The van der Waals surface area contributed by atoms with Gasteiger partial charge in [0, 0.05) is 6.54 Å². The molecule has 0 aromatic heterocycles. The van der Waals surface area contributed by atoms with Gasteiger partial charge in [-0.1, -0.05) is 12.8 Å². The Kier molecular flexibility index (Phi) is 4.49. The van der Waals surface area contributed by atoms with Crippen molar-refractivity contribution in [1.29, 1.82) is 0 Å². The van der Waals surface area contributed by atoms with E-state index in [2.05, 4.69) is 5.32 Å². The fourth-order valence-corrected chi connectivity index (χ4v) is 3.71. The zero-order chi connectivity index (χ0) is 15.7. The summed E-state index contributed by atoms with van der Waals surface area (Å²) in [5.74, 6) is 0. The molecule has 1 saturated carbocycles. The molecule has 1 aliphatic rings. The lowest BCUT2D eigenvalue weighted by Gasteiger charge is -2.23. The summed E-state index contributed by atoms with van der Waals surface area (Å²) < 4.78 is 24.2. The maximum absolute atomic E-state index is 12.1. The van der Waals surface area contributed by atoms with Crippen LogP contribution in [0.25, 0.3) is 0 Å². The van der Waals surface area contributed by atoms with Crippen molar-refractivity contribution in [3.05, 3.63) is 18.2 Å². The standard InChI is InChI=1S/C15H24N2O3S/c1-11(2)21(19,20)12-5-6-14(13(16)9-12)17-10-15(18)7-3-4-8-15/h5-6,9,11,17-18H,3-4,7-8,10,16H2,1-2H3. The number of nitrogens with two attached hydrogens (primary N) is 1. The lowest BCUT2D eigenvalue weighted by atomic mass is 10.0. The van der Waals surface area contributed by atoms with E-state index < -0.39 is 20.7 Å². The fourth-order valence-electron chi connectivity index (χ4n) is 2.62. The molecule has 0 amide bonds. The Bertz CT molecular complexity index is 605. The number of hydrogen-bond acceptors (Lipinski definition) is 5. The molecule has 5 nitrogen and oxygen atoms in total. The Labute approximate surface area is 126 Å². The summed E-state index contributed by atoms with van der Waals surface area (Å²) in [7, 11) is -3.32. The molecule has 0 radical (unpaired) electrons. The van der Waals surface area contributed by atoms with Crippen LogP contribution < -0.4 is 11.1 Å². The van der Waals surface area contributed by atoms with Crippen molar-refractivity contribution in [3.63, 3.8) is 0 Å². The predicted octanol–water partition coefficient (Wildman–Crippen LogP) is 2.17. The summed E-state index contributed by atoms with van der Waals surface area (Å²) in [6.45, 7) is 3.73. The average molecular weight is 312 g/mol. The monoisotopic (exact) mass is 312 g/mol. The Balaban J connectivity index is 2.13. The second-order valence-corrected chi connectivity index (χ2v) is 8.63. The lowest BCUT2D eigenvalue weighted by Crippen LogP contribution is -2.33. The number of rotatable bonds is 5. The van der Waals surface area contributed by atoms with Crippen LogP contribution in [0.3, 0.4) is 0 Å². The molecule has 1 aliphatic carbocycles. The van der Waals surface area contributed by atoms with Crippen molar-refractivity contribution in [3.8, 4) is 0 Å². The number of anilines is 2. The van der Waals surface area contributed by atoms with E-state index in [1.165, 1.54) is 6.07 Å². The molecular weight excluding hydrogens is 288 g/mol. The first-order chi connectivity index (χ1) is 9.74. The van der Waals surface area contributed by atoms with Crippen LogP contribution in [0.5, 0.6) is 0 Å². The smallest absolute Gasteiger partial charge is 0.180 e. The quantitative estimate of drug-likeness (QED) is 0.725. The Morgan fingerprint density at radius 1 is 1.33 bits per heavy atom. The Hall–Kier alpha value is -1.27. The van der Waals surface area contributed by atoms with Crippen LogP contribution in [-0.4, -0.2) is 30.9 Å². The number of nitrogens with one attached hydrogen (secondary N) is 1. The van der Waals surface area contributed by atoms with Crippen LogP contribution in [0.4, 0.5) is 11.4 Å². The molecule has 0 unspecified atom stereocenters. The summed E-state index contributed by atoms with van der Waals surface area (Å²) in [4.78, 5) is 0.236. The predicted molar refractivity (Wildman–Crippen MR) is 85.1 cm³/mol. The number of hydrogen-bond donors (Lipinski definition) is 3. The van der Waals surface area contributed by atoms with Crippen molar-refractivity contribution < 1.29 is 13.5 Å². The highest BCUT2D eigenvalue weighted by Crippen LogP contribution is 2.31. The van der Waals surface area contributed by atoms with Crippen molar-refractivity contribution >= 4 is 21.2 Å². The fraction of sp³-hybridized carbons (Fsp3) is 0.600. The van der Waals surface area contributed by atoms with E-state index in [1.807, 2.05) is 0 Å². The highest BCUT2D eigenvalue weighted by atomic mass is 32.2. The van der Waals surface area contributed by atoms with Crippen LogP contribution in [0.1, 0.15) is 39.5 Å². The van der Waals surface area contributed by atoms with Gasteiger partial charge in [0.25, 0.3) is 0 Å². The molecule has 1 aromatic carbocycles. The molecule has 1 fully saturated rings. The number of benzene rings is 1. The zero-order valence-electron chi connectivity index (χ0n) is 12.6. The maximum Gasteiger partial charge on any atom is 0.180 e. The third kappa shape index (κ3) is 3.49. The van der Waals surface area contributed by atoms with Crippen molar-refractivity contribution in [2.75, 3.05) is 17.6 Å². The second-order valence-electron chi connectivity index (χ2n) is 6.13. The second kappa shape index (κ2) is 5.85. The van der Waals surface area contributed by atoms with Gasteiger partial charge >= 0.3 is 0 Å². The van der Waals surface area contributed by atoms with E-state index >= 15 is 0 Å². The van der Waals surface area contributed by atoms with Gasteiger partial charge in [0.05, 0.1) is 27.1 Å². The minimum atomic E-state index is -3.32. The topological polar surface area (TPSA) is 92.4 Å². The van der Waals surface area contributed by atoms with E-state index in [1.54, 1.807) is 26.0 Å². The molecule has 0 spiro atoms. The molecule has 0 bridgehead atoms. The summed E-state index contributed by atoms with van der Waals surface area (Å²) in [6.07, 6.45) is 3.66. The van der Waals surface area contributed by atoms with Crippen molar-refractivity contribution in [2.24, 2.45) is 0 Å². The van der Waals surface area contributed by atoms with Crippen LogP contribution in [-0.2, 0) is 9.84 Å². The maximum atomic E-state index is 12.1. The van der Waals surface area contributed by atoms with Crippen LogP contribution in [0.2, 0.25) is 0 Å². The Morgan fingerprint density at radius 3 is 2.48 bits per heavy atom. The molecule has 0 atom stereocenters. The average Bonchev–Trinajstić information content (AvgIpc) is 2.84. The first-order valence-electron chi connectivity index (χ1n) is 7.34. The largest absolute Gasteiger partial charge is 0.397 e. The van der Waals surface area contributed by atoms with Gasteiger partial charge in [0.2, 0.25) is 0 Å². The van der Waals surface area contributed by atoms with Crippen LogP contribution >= 0.6 is 0 Å². The number of sulfone groups is 1. The molecule has 4 N–H and O–H groups in total. The van der Waals surface area contributed by atoms with Gasteiger partial charge in [-0.15, -0.1) is 0 Å². The van der Waals surface area contributed by atoms with E-state index in [0.29, 0.717) is 17.9 Å². The molecule has 6 heteroatoms. The number of nitrogen functional groups attached to an aromatic ring is 1. The number of aliphatic hydroxyl groups is 1. The van der Waals surface area contributed by atoms with Crippen LogP contribution in [0.15, 0.2) is 23.1 Å². The lowest BCUT2D eigenvalue weighted by molar-refractivity contribution is 0.0615. The summed E-state index contributed by atoms with van der Waals surface area (Å²) in [5.41, 5.74) is 6.32. The van der Waals surface area contributed by atoms with Gasteiger partial charge in [0.15, 0.2) is 9.84 Å². The molecule has 21 heavy (non-hydrogen) atoms. The summed E-state index contributed by atoms with van der Waals surface area (Å²) in [5, 5.41) is 13.0. The third-order valence-corrected chi connectivity index (χ3v) is 6.27. The third-order valence-electron chi connectivity index (χ3n) is 4.11. The molecule has 2 rings (SSSR count). The van der Waals surface area contributed by atoms with Gasteiger partial charge in [-0.25, -0.2) is 8.42 Å². The van der Waals surface area contributed by atoms with Crippen molar-refractivity contribution in [1.82, 2.24) is 0 Å². The minimum Gasteiger partial charge on any atom is -0.397 e. The molecule has 0 aliphatic heterocycles. The molecule has 1 aromatic rings. The first kappa shape index (κ1) is 16.1. The zero-order valence-corrected chi connectivity index (χ0v) is 13.4. The van der Waals surface area contributed by atoms with Gasteiger partial charge < -0.3 is 16.2 Å².